The van der Waals surface area contributed by atoms with Crippen LogP contribution in [0, 0.1) is 5.92 Å². The number of nitrogens with zero attached hydrogens (tertiary/aromatic N) is 1. The Morgan fingerprint density at radius 2 is 2.06 bits per heavy atom. The van der Waals surface area contributed by atoms with Gasteiger partial charge >= 0.3 is 0 Å². The van der Waals surface area contributed by atoms with Crippen LogP contribution in [0.2, 0.25) is 0 Å². The average Bonchev–Trinajstić information content (AvgIpc) is 2.38. The van der Waals surface area contributed by atoms with E-state index in [9.17, 15) is 0 Å². The monoisotopic (exact) mass is 226 g/mol. The topological polar surface area (TPSA) is 24.5 Å². The van der Waals surface area contributed by atoms with Crippen LogP contribution in [0.15, 0.2) is 0 Å². The zero-order valence-electron chi connectivity index (χ0n) is 10.6. The summed E-state index contributed by atoms with van der Waals surface area (Å²) in [6, 6.07) is 0.769. The maximum Gasteiger partial charge on any atom is 0.0594 e. The Labute approximate surface area is 99.5 Å². The predicted molar refractivity (Wildman–Crippen MR) is 66.7 cm³/mol. The zero-order valence-corrected chi connectivity index (χ0v) is 10.6. The number of hydrogen-bond acceptors (Lipinski definition) is 3. The Bertz CT molecular complexity index is 184. The van der Waals surface area contributed by atoms with Gasteiger partial charge in [0.05, 0.1) is 13.2 Å². The molecular weight excluding hydrogens is 200 g/mol. The molecular formula is C13H26N2O. The maximum atomic E-state index is 5.36. The normalized spacial score (nSPS) is 32.8. The quantitative estimate of drug-likeness (QED) is 0.786. The molecule has 0 radical (unpaired) electrons. The van der Waals surface area contributed by atoms with E-state index in [1.54, 1.807) is 0 Å². The van der Waals surface area contributed by atoms with Crippen molar-refractivity contribution >= 4 is 0 Å². The molecule has 0 spiro atoms. The summed E-state index contributed by atoms with van der Waals surface area (Å²) < 4.78 is 5.36. The number of hydrogen-bond donors (Lipinski definition) is 1. The minimum absolute atomic E-state index is 0.769. The highest BCUT2D eigenvalue weighted by molar-refractivity contribution is 4.78. The van der Waals surface area contributed by atoms with Gasteiger partial charge in [-0.15, -0.1) is 0 Å². The maximum absolute atomic E-state index is 5.36. The molecule has 0 aliphatic carbocycles. The van der Waals surface area contributed by atoms with E-state index in [4.69, 9.17) is 4.74 Å². The van der Waals surface area contributed by atoms with Crippen molar-refractivity contribution in [2.24, 2.45) is 5.92 Å². The van der Waals surface area contributed by atoms with E-state index in [1.165, 1.54) is 38.8 Å². The first-order valence-corrected chi connectivity index (χ1v) is 6.92. The van der Waals surface area contributed by atoms with Crippen molar-refractivity contribution in [2.75, 3.05) is 39.4 Å². The van der Waals surface area contributed by atoms with Gasteiger partial charge in [0, 0.05) is 19.1 Å². The largest absolute Gasteiger partial charge is 0.379 e. The van der Waals surface area contributed by atoms with E-state index in [0.29, 0.717) is 0 Å². The summed E-state index contributed by atoms with van der Waals surface area (Å²) >= 11 is 0. The molecule has 2 aliphatic heterocycles. The Morgan fingerprint density at radius 3 is 2.69 bits per heavy atom. The summed E-state index contributed by atoms with van der Waals surface area (Å²) in [5, 5.41) is 3.70. The molecule has 2 rings (SSSR count). The number of piperidine rings is 1. The van der Waals surface area contributed by atoms with Crippen molar-refractivity contribution in [1.29, 1.82) is 0 Å². The van der Waals surface area contributed by atoms with Crippen LogP contribution in [0.5, 0.6) is 0 Å². The smallest absolute Gasteiger partial charge is 0.0594 e. The van der Waals surface area contributed by atoms with Gasteiger partial charge in [0.15, 0.2) is 0 Å². The first kappa shape index (κ1) is 12.3. The molecule has 0 saturated carbocycles. The van der Waals surface area contributed by atoms with Crippen molar-refractivity contribution in [2.45, 2.75) is 38.6 Å². The lowest BCUT2D eigenvalue weighted by atomic mass is 9.91. The van der Waals surface area contributed by atoms with Crippen LogP contribution in [-0.2, 0) is 4.74 Å². The number of rotatable bonds is 4. The van der Waals surface area contributed by atoms with Crippen LogP contribution >= 0.6 is 0 Å². The number of ether oxygens (including phenoxy) is 1. The summed E-state index contributed by atoms with van der Waals surface area (Å²) in [5.41, 5.74) is 0. The third kappa shape index (κ3) is 3.72. The molecule has 16 heavy (non-hydrogen) atoms. The molecule has 2 aliphatic rings. The fourth-order valence-electron chi connectivity index (χ4n) is 2.73. The van der Waals surface area contributed by atoms with E-state index >= 15 is 0 Å². The molecule has 94 valence electrons. The fourth-order valence-corrected chi connectivity index (χ4v) is 2.73. The van der Waals surface area contributed by atoms with Gasteiger partial charge in [-0.05, 0) is 38.3 Å². The van der Waals surface area contributed by atoms with E-state index in [0.717, 1.165) is 38.3 Å². The minimum Gasteiger partial charge on any atom is -0.379 e. The van der Waals surface area contributed by atoms with Crippen LogP contribution < -0.4 is 5.32 Å². The highest BCUT2D eigenvalue weighted by Gasteiger charge is 2.20. The molecule has 0 bridgehead atoms. The second-order valence-corrected chi connectivity index (χ2v) is 5.20. The Morgan fingerprint density at radius 1 is 1.25 bits per heavy atom. The molecule has 3 heteroatoms. The first-order valence-electron chi connectivity index (χ1n) is 6.92. The van der Waals surface area contributed by atoms with Crippen molar-refractivity contribution < 1.29 is 4.74 Å². The molecule has 0 unspecified atom stereocenters. The Balaban J connectivity index is 1.59. The van der Waals surface area contributed by atoms with Crippen molar-refractivity contribution in [3.63, 3.8) is 0 Å². The lowest BCUT2D eigenvalue weighted by molar-refractivity contribution is 0.0355. The highest BCUT2D eigenvalue weighted by Crippen LogP contribution is 2.18. The van der Waals surface area contributed by atoms with Gasteiger partial charge in [-0.25, -0.2) is 0 Å². The van der Waals surface area contributed by atoms with E-state index in [1.807, 2.05) is 0 Å². The van der Waals surface area contributed by atoms with Crippen LogP contribution in [-0.4, -0.2) is 50.3 Å². The SMILES string of the molecule is CC[C@H]1CC[C@H](CCN2CCOCC2)NC1. The summed E-state index contributed by atoms with van der Waals surface area (Å²) in [6.07, 6.45) is 5.46. The Kier molecular flexibility index (Phi) is 5.07. The standard InChI is InChI=1S/C13H26N2O/c1-2-12-3-4-13(14-11-12)5-6-15-7-9-16-10-8-15/h12-14H,2-11H2,1H3/t12-,13+/m0/s1. The fraction of sp³-hybridized carbons (Fsp3) is 1.00. The third-order valence-electron chi connectivity index (χ3n) is 4.09. The van der Waals surface area contributed by atoms with Gasteiger partial charge in [-0.2, -0.15) is 0 Å². The molecule has 0 aromatic rings. The van der Waals surface area contributed by atoms with E-state index in [2.05, 4.69) is 17.1 Å². The van der Waals surface area contributed by atoms with Crippen LogP contribution in [0.3, 0.4) is 0 Å². The summed E-state index contributed by atoms with van der Waals surface area (Å²) in [4.78, 5) is 2.54. The average molecular weight is 226 g/mol. The van der Waals surface area contributed by atoms with Crippen molar-refractivity contribution in [3.8, 4) is 0 Å². The summed E-state index contributed by atoms with van der Waals surface area (Å²) in [7, 11) is 0. The second-order valence-electron chi connectivity index (χ2n) is 5.20. The minimum atomic E-state index is 0.769. The van der Waals surface area contributed by atoms with Gasteiger partial charge in [0.2, 0.25) is 0 Å². The van der Waals surface area contributed by atoms with Crippen molar-refractivity contribution in [3.05, 3.63) is 0 Å². The van der Waals surface area contributed by atoms with Crippen molar-refractivity contribution in [1.82, 2.24) is 10.2 Å². The molecule has 2 heterocycles. The molecule has 2 saturated heterocycles. The molecule has 3 nitrogen and oxygen atoms in total. The molecule has 2 fully saturated rings. The third-order valence-corrected chi connectivity index (χ3v) is 4.09. The lowest BCUT2D eigenvalue weighted by Gasteiger charge is -2.32. The summed E-state index contributed by atoms with van der Waals surface area (Å²) in [6.45, 7) is 8.91. The molecule has 2 atom stereocenters. The van der Waals surface area contributed by atoms with Gasteiger partial charge in [0.1, 0.15) is 0 Å². The van der Waals surface area contributed by atoms with Crippen LogP contribution in [0.25, 0.3) is 0 Å². The number of morpholine rings is 1. The Hall–Kier alpha value is -0.120. The number of nitrogens with one attached hydrogen (secondary N) is 1. The van der Waals surface area contributed by atoms with Crippen LogP contribution in [0.1, 0.15) is 32.6 Å². The first-order chi connectivity index (χ1) is 7.88. The van der Waals surface area contributed by atoms with E-state index in [-0.39, 0.29) is 0 Å². The molecule has 0 amide bonds. The van der Waals surface area contributed by atoms with Gasteiger partial charge < -0.3 is 10.1 Å². The summed E-state index contributed by atoms with van der Waals surface area (Å²) in [5.74, 6) is 0.930. The predicted octanol–water partition coefficient (Wildman–Crippen LogP) is 1.49. The van der Waals surface area contributed by atoms with Gasteiger partial charge in [0.25, 0.3) is 0 Å². The lowest BCUT2D eigenvalue weighted by Crippen LogP contribution is -2.43. The van der Waals surface area contributed by atoms with E-state index < -0.39 is 0 Å². The molecule has 0 aromatic heterocycles. The zero-order chi connectivity index (χ0) is 11.2. The molecule has 1 N–H and O–H groups in total. The highest BCUT2D eigenvalue weighted by atomic mass is 16.5. The van der Waals surface area contributed by atoms with Gasteiger partial charge in [-0.3, -0.25) is 4.90 Å². The van der Waals surface area contributed by atoms with Crippen LogP contribution in [0.4, 0.5) is 0 Å². The molecule has 0 aromatic carbocycles. The van der Waals surface area contributed by atoms with Gasteiger partial charge in [-0.1, -0.05) is 13.3 Å². The second kappa shape index (κ2) is 6.58.